The molecule has 0 amide bonds. The Morgan fingerprint density at radius 2 is 1.94 bits per heavy atom. The number of ether oxygens (including phenoxy) is 2. The highest BCUT2D eigenvalue weighted by Crippen LogP contribution is 2.32. The highest BCUT2D eigenvalue weighted by Gasteiger charge is 2.32. The topological polar surface area (TPSA) is 124 Å². The van der Waals surface area contributed by atoms with Crippen LogP contribution in [-0.4, -0.2) is 80.1 Å². The normalized spacial score (nSPS) is 18.4. The maximum Gasteiger partial charge on any atom is 0.243 e. The summed E-state index contributed by atoms with van der Waals surface area (Å²) in [5.41, 5.74) is 1.71. The van der Waals surface area contributed by atoms with Gasteiger partial charge in [-0.15, -0.1) is 0 Å². The van der Waals surface area contributed by atoms with Gasteiger partial charge in [0.1, 0.15) is 23.3 Å². The predicted molar refractivity (Wildman–Crippen MR) is 131 cm³/mol. The van der Waals surface area contributed by atoms with Crippen molar-refractivity contribution in [3.63, 3.8) is 0 Å². The number of nitrogens with one attached hydrogen (secondary N) is 2. The molecule has 2 aromatic heterocycles. The third-order valence-corrected chi connectivity index (χ3v) is 8.61. The van der Waals surface area contributed by atoms with Gasteiger partial charge in [0, 0.05) is 49.9 Å². The van der Waals surface area contributed by atoms with E-state index in [-0.39, 0.29) is 4.90 Å². The lowest BCUT2D eigenvalue weighted by Crippen LogP contribution is -2.50. The standard InChI is InChI=1S/C24H28N6O4S/c1-33-22-14-19(35(31,32)30-8-6-18(7-9-30)29-10-12-34-13-11-29)2-4-21(22)27-23-5-3-20-17(15-25)16-26-24(20)28-23/h2-5,14,16,18H,6-13H2,1H3,(H2,26,27,28). The molecule has 0 radical (unpaired) electrons. The molecule has 0 aliphatic carbocycles. The number of morpholine rings is 1. The molecule has 10 nitrogen and oxygen atoms in total. The number of benzene rings is 1. The molecule has 0 atom stereocenters. The first-order valence-electron chi connectivity index (χ1n) is 11.6. The van der Waals surface area contributed by atoms with E-state index < -0.39 is 10.0 Å². The van der Waals surface area contributed by atoms with Crippen LogP contribution in [0.3, 0.4) is 0 Å². The van der Waals surface area contributed by atoms with Crippen molar-refractivity contribution in [3.05, 3.63) is 42.1 Å². The number of H-pyrrole nitrogens is 1. The lowest BCUT2D eigenvalue weighted by molar-refractivity contribution is 0.00610. The summed E-state index contributed by atoms with van der Waals surface area (Å²) >= 11 is 0. The smallest absolute Gasteiger partial charge is 0.243 e. The first kappa shape index (κ1) is 23.6. The Hall–Kier alpha value is -3.17. The van der Waals surface area contributed by atoms with Gasteiger partial charge in [-0.05, 0) is 37.1 Å². The minimum Gasteiger partial charge on any atom is -0.495 e. The van der Waals surface area contributed by atoms with Gasteiger partial charge in [0.2, 0.25) is 10.0 Å². The van der Waals surface area contributed by atoms with Gasteiger partial charge in [-0.2, -0.15) is 9.57 Å². The largest absolute Gasteiger partial charge is 0.495 e. The average Bonchev–Trinajstić information content (AvgIpc) is 3.32. The van der Waals surface area contributed by atoms with Crippen molar-refractivity contribution in [2.45, 2.75) is 23.8 Å². The summed E-state index contributed by atoms with van der Waals surface area (Å²) in [5, 5.41) is 13.1. The second kappa shape index (κ2) is 9.83. The van der Waals surface area contributed by atoms with Crippen LogP contribution in [-0.2, 0) is 14.8 Å². The number of methoxy groups -OCH3 is 1. The number of aromatic amines is 1. The van der Waals surface area contributed by atoms with Crippen LogP contribution < -0.4 is 10.1 Å². The number of sulfonamides is 1. The molecule has 2 fully saturated rings. The molecule has 2 N–H and O–H groups in total. The second-order valence-electron chi connectivity index (χ2n) is 8.68. The van der Waals surface area contributed by atoms with Crippen molar-refractivity contribution in [3.8, 4) is 11.8 Å². The Morgan fingerprint density at radius 3 is 2.66 bits per heavy atom. The molecule has 11 heteroatoms. The SMILES string of the molecule is COc1cc(S(=O)(=O)N2CCC(N3CCOCC3)CC2)ccc1Nc1ccc2c(C#N)c[nH]c2n1. The number of anilines is 2. The molecule has 0 saturated carbocycles. The van der Waals surface area contributed by atoms with Crippen molar-refractivity contribution >= 4 is 32.6 Å². The third-order valence-electron chi connectivity index (χ3n) is 6.72. The molecule has 0 spiro atoms. The molecule has 4 heterocycles. The van der Waals surface area contributed by atoms with Gasteiger partial charge in [0.25, 0.3) is 0 Å². The number of nitrogens with zero attached hydrogens (tertiary/aromatic N) is 4. The van der Waals surface area contributed by atoms with E-state index in [1.54, 1.807) is 34.8 Å². The van der Waals surface area contributed by atoms with E-state index in [9.17, 15) is 8.42 Å². The van der Waals surface area contributed by atoms with Gasteiger partial charge in [-0.1, -0.05) is 0 Å². The highest BCUT2D eigenvalue weighted by atomic mass is 32.2. The Kier molecular flexibility index (Phi) is 6.62. The predicted octanol–water partition coefficient (Wildman–Crippen LogP) is 2.67. The summed E-state index contributed by atoms with van der Waals surface area (Å²) in [6.07, 6.45) is 3.25. The van der Waals surface area contributed by atoms with Crippen molar-refractivity contribution < 1.29 is 17.9 Å². The zero-order valence-electron chi connectivity index (χ0n) is 19.5. The Morgan fingerprint density at radius 1 is 1.17 bits per heavy atom. The van der Waals surface area contributed by atoms with Crippen molar-refractivity contribution in [1.29, 1.82) is 5.26 Å². The lowest BCUT2D eigenvalue weighted by Gasteiger charge is -2.39. The minimum absolute atomic E-state index is 0.205. The van der Waals surface area contributed by atoms with Crippen LogP contribution in [0.15, 0.2) is 41.4 Å². The van der Waals surface area contributed by atoms with Crippen LogP contribution >= 0.6 is 0 Å². The first-order chi connectivity index (χ1) is 17.0. The van der Waals surface area contributed by atoms with Crippen LogP contribution in [0.4, 0.5) is 11.5 Å². The van der Waals surface area contributed by atoms with Gasteiger partial charge in [0.05, 0.1) is 36.5 Å². The molecular weight excluding hydrogens is 468 g/mol. The van der Waals surface area contributed by atoms with Gasteiger partial charge >= 0.3 is 0 Å². The van der Waals surface area contributed by atoms with Crippen LogP contribution in [0.5, 0.6) is 5.75 Å². The fourth-order valence-electron chi connectivity index (χ4n) is 4.78. The molecular formula is C24H28N6O4S. The Balaban J connectivity index is 1.31. The summed E-state index contributed by atoms with van der Waals surface area (Å²) in [6, 6.07) is 10.9. The number of aromatic nitrogens is 2. The fourth-order valence-corrected chi connectivity index (χ4v) is 6.27. The monoisotopic (exact) mass is 496 g/mol. The molecule has 2 saturated heterocycles. The first-order valence-corrected chi connectivity index (χ1v) is 13.1. The maximum atomic E-state index is 13.4. The molecule has 2 aliphatic heterocycles. The highest BCUT2D eigenvalue weighted by molar-refractivity contribution is 7.89. The van der Waals surface area contributed by atoms with E-state index in [4.69, 9.17) is 14.7 Å². The van der Waals surface area contributed by atoms with Crippen LogP contribution in [0.1, 0.15) is 18.4 Å². The summed E-state index contributed by atoms with van der Waals surface area (Å²) in [6.45, 7) is 4.30. The van der Waals surface area contributed by atoms with Crippen molar-refractivity contribution in [2.75, 3.05) is 51.8 Å². The Labute approximate surface area is 204 Å². The quantitative estimate of drug-likeness (QED) is 0.534. The molecule has 3 aromatic rings. The second-order valence-corrected chi connectivity index (χ2v) is 10.6. The molecule has 1 aromatic carbocycles. The van der Waals surface area contributed by atoms with Crippen LogP contribution in [0, 0.1) is 11.3 Å². The molecule has 0 bridgehead atoms. The molecule has 5 rings (SSSR count). The number of pyridine rings is 1. The molecule has 2 aliphatic rings. The van der Waals surface area contributed by atoms with E-state index in [0.717, 1.165) is 44.5 Å². The average molecular weight is 497 g/mol. The maximum absolute atomic E-state index is 13.4. The lowest BCUT2D eigenvalue weighted by atomic mass is 10.0. The van der Waals surface area contributed by atoms with Gasteiger partial charge < -0.3 is 19.8 Å². The van der Waals surface area contributed by atoms with Crippen molar-refractivity contribution in [1.82, 2.24) is 19.2 Å². The zero-order chi connectivity index (χ0) is 24.4. The molecule has 0 unspecified atom stereocenters. The van der Waals surface area contributed by atoms with E-state index in [2.05, 4.69) is 26.3 Å². The zero-order valence-corrected chi connectivity index (χ0v) is 20.3. The fraction of sp³-hybridized carbons (Fsp3) is 0.417. The summed E-state index contributed by atoms with van der Waals surface area (Å²) in [7, 11) is -2.13. The minimum atomic E-state index is -3.64. The van der Waals surface area contributed by atoms with E-state index in [1.807, 2.05) is 6.07 Å². The summed E-state index contributed by atoms with van der Waals surface area (Å²) in [5.74, 6) is 0.948. The van der Waals surface area contributed by atoms with Gasteiger partial charge in [-0.25, -0.2) is 13.4 Å². The number of piperidine rings is 1. The van der Waals surface area contributed by atoms with E-state index in [1.165, 1.54) is 7.11 Å². The number of hydrogen-bond acceptors (Lipinski definition) is 8. The number of nitriles is 1. The molecule has 184 valence electrons. The molecule has 35 heavy (non-hydrogen) atoms. The Bertz CT molecular complexity index is 1350. The number of fused-ring (bicyclic) bond motifs is 1. The van der Waals surface area contributed by atoms with Crippen LogP contribution in [0.2, 0.25) is 0 Å². The number of rotatable bonds is 6. The summed E-state index contributed by atoms with van der Waals surface area (Å²) < 4.78 is 39.2. The van der Waals surface area contributed by atoms with Gasteiger partial charge in [-0.3, -0.25) is 4.90 Å². The van der Waals surface area contributed by atoms with Gasteiger partial charge in [0.15, 0.2) is 0 Å². The van der Waals surface area contributed by atoms with Crippen molar-refractivity contribution in [2.24, 2.45) is 0 Å². The third kappa shape index (κ3) is 4.70. The number of hydrogen-bond donors (Lipinski definition) is 2. The van der Waals surface area contributed by atoms with E-state index >= 15 is 0 Å². The van der Waals surface area contributed by atoms with Crippen LogP contribution in [0.25, 0.3) is 11.0 Å². The summed E-state index contributed by atoms with van der Waals surface area (Å²) in [4.78, 5) is 10.1. The van der Waals surface area contributed by atoms with E-state index in [0.29, 0.717) is 47.6 Å².